The van der Waals surface area contributed by atoms with Crippen LogP contribution < -0.4 is 5.73 Å². The first-order valence-corrected chi connectivity index (χ1v) is 5.22. The number of nitrogens with zero attached hydrogens (tertiary/aromatic N) is 3. The lowest BCUT2D eigenvalue weighted by atomic mass is 10.3. The fraction of sp³-hybridized carbons (Fsp3) is 0.375. The van der Waals surface area contributed by atoms with Crippen molar-refractivity contribution in [3.05, 3.63) is 15.0 Å². The quantitative estimate of drug-likeness (QED) is 0.560. The topological polar surface area (TPSA) is 72.1 Å². The Bertz CT molecular complexity index is 407. The summed E-state index contributed by atoms with van der Waals surface area (Å²) in [4.78, 5) is 21.0. The van der Waals surface area contributed by atoms with E-state index in [0.29, 0.717) is 13.1 Å². The average molecular weight is 304 g/mol. The molecule has 6 heteroatoms. The summed E-state index contributed by atoms with van der Waals surface area (Å²) in [5.74, 6) is 0.330. The van der Waals surface area contributed by atoms with Crippen LogP contribution in [0.4, 0.5) is 5.95 Å². The fourth-order valence-corrected chi connectivity index (χ4v) is 2.18. The molecule has 0 fully saturated rings. The van der Waals surface area contributed by atoms with E-state index in [1.807, 2.05) is 0 Å². The van der Waals surface area contributed by atoms with Gasteiger partial charge in [-0.2, -0.15) is 0 Å². The molecule has 0 saturated heterocycles. The molecule has 0 atom stereocenters. The van der Waals surface area contributed by atoms with Crippen LogP contribution in [0, 0.1) is 3.70 Å². The molecule has 0 bridgehead atoms. The molecule has 2 heterocycles. The highest BCUT2D eigenvalue weighted by molar-refractivity contribution is 14.1. The molecule has 14 heavy (non-hydrogen) atoms. The second kappa shape index (κ2) is 3.34. The van der Waals surface area contributed by atoms with E-state index in [1.165, 1.54) is 0 Å². The molecule has 5 nitrogen and oxygen atoms in total. The second-order valence-electron chi connectivity index (χ2n) is 3.17. The minimum Gasteiger partial charge on any atom is -0.368 e. The third-order valence-corrected chi connectivity index (χ3v) is 3.09. The van der Waals surface area contributed by atoms with Crippen molar-refractivity contribution in [2.24, 2.45) is 0 Å². The number of carbonyl (C=O) groups excluding carboxylic acids is 1. The van der Waals surface area contributed by atoms with Gasteiger partial charge in [0.05, 0.1) is 18.8 Å². The molecule has 0 saturated carbocycles. The summed E-state index contributed by atoms with van der Waals surface area (Å²) in [5.41, 5.74) is 7.42. The molecule has 0 spiro atoms. The summed E-state index contributed by atoms with van der Waals surface area (Å²) in [6, 6.07) is 0. The van der Waals surface area contributed by atoms with E-state index < -0.39 is 0 Å². The predicted octanol–water partition coefficient (Wildman–Crippen LogP) is 0.526. The molecule has 1 aromatic rings. The van der Waals surface area contributed by atoms with Gasteiger partial charge in [-0.1, -0.05) is 0 Å². The van der Waals surface area contributed by atoms with Crippen molar-refractivity contribution in [1.29, 1.82) is 0 Å². The zero-order valence-corrected chi connectivity index (χ0v) is 9.78. The maximum Gasteiger partial charge on any atom is 0.221 e. The number of nitrogen functional groups attached to an aromatic ring is 1. The molecule has 2 N–H and O–H groups in total. The summed E-state index contributed by atoms with van der Waals surface area (Å²) >= 11 is 2.12. The van der Waals surface area contributed by atoms with Gasteiger partial charge in [0.2, 0.25) is 11.9 Å². The number of carbonyl (C=O) groups is 1. The Morgan fingerprint density at radius 2 is 2.21 bits per heavy atom. The van der Waals surface area contributed by atoms with Gasteiger partial charge in [0.25, 0.3) is 0 Å². The Kier molecular flexibility index (Phi) is 2.30. The fourth-order valence-electron chi connectivity index (χ4n) is 1.46. The van der Waals surface area contributed by atoms with Gasteiger partial charge in [0.1, 0.15) is 3.70 Å². The summed E-state index contributed by atoms with van der Waals surface area (Å²) < 4.78 is 0.842. The lowest BCUT2D eigenvalue weighted by Crippen LogP contribution is -2.21. The van der Waals surface area contributed by atoms with Gasteiger partial charge in [0.15, 0.2) is 0 Å². The summed E-state index contributed by atoms with van der Waals surface area (Å²) in [5, 5.41) is 0. The Morgan fingerprint density at radius 1 is 1.50 bits per heavy atom. The molecule has 0 aromatic carbocycles. The van der Waals surface area contributed by atoms with Crippen LogP contribution in [-0.4, -0.2) is 20.8 Å². The van der Waals surface area contributed by atoms with E-state index >= 15 is 0 Å². The number of aromatic nitrogens is 2. The molecule has 0 radical (unpaired) electrons. The number of hydrogen-bond donors (Lipinski definition) is 1. The largest absolute Gasteiger partial charge is 0.368 e. The first-order chi connectivity index (χ1) is 6.58. The number of rotatable bonds is 0. The predicted molar refractivity (Wildman–Crippen MR) is 59.1 cm³/mol. The summed E-state index contributed by atoms with van der Waals surface area (Å²) in [6.45, 7) is 2.70. The van der Waals surface area contributed by atoms with E-state index in [2.05, 4.69) is 32.6 Å². The SMILES string of the molecule is CC(=O)N1Cc2nc(N)nc(I)c2C1. The van der Waals surface area contributed by atoms with Crippen molar-refractivity contribution in [1.82, 2.24) is 14.9 Å². The lowest BCUT2D eigenvalue weighted by molar-refractivity contribution is -0.129. The normalized spacial score (nSPS) is 14.3. The highest BCUT2D eigenvalue weighted by atomic mass is 127. The van der Waals surface area contributed by atoms with Crippen LogP contribution in [0.2, 0.25) is 0 Å². The van der Waals surface area contributed by atoms with Crippen LogP contribution in [0.3, 0.4) is 0 Å². The highest BCUT2D eigenvalue weighted by Crippen LogP contribution is 2.24. The second-order valence-corrected chi connectivity index (χ2v) is 4.19. The van der Waals surface area contributed by atoms with Gasteiger partial charge in [-0.3, -0.25) is 4.79 Å². The van der Waals surface area contributed by atoms with Crippen molar-refractivity contribution in [2.75, 3.05) is 5.73 Å². The molecule has 2 rings (SSSR count). The Balaban J connectivity index is 2.39. The Morgan fingerprint density at radius 3 is 2.86 bits per heavy atom. The van der Waals surface area contributed by atoms with Crippen molar-refractivity contribution < 1.29 is 4.79 Å². The maximum atomic E-state index is 11.2. The number of hydrogen-bond acceptors (Lipinski definition) is 4. The van der Waals surface area contributed by atoms with Crippen molar-refractivity contribution in [3.63, 3.8) is 0 Å². The maximum absolute atomic E-state index is 11.2. The Labute approximate surface area is 94.8 Å². The molecular formula is C8H9IN4O. The molecule has 1 amide bonds. The van der Waals surface area contributed by atoms with Crippen molar-refractivity contribution >= 4 is 34.4 Å². The molecule has 1 aliphatic rings. The Hall–Kier alpha value is -0.920. The van der Waals surface area contributed by atoms with Gasteiger partial charge in [0, 0.05) is 12.5 Å². The van der Waals surface area contributed by atoms with Gasteiger partial charge < -0.3 is 10.6 Å². The van der Waals surface area contributed by atoms with Gasteiger partial charge in [-0.15, -0.1) is 0 Å². The smallest absolute Gasteiger partial charge is 0.221 e. The first-order valence-electron chi connectivity index (χ1n) is 4.14. The number of fused-ring (bicyclic) bond motifs is 1. The molecule has 1 aromatic heterocycles. The summed E-state index contributed by atoms with van der Waals surface area (Å²) in [6.07, 6.45) is 0. The molecule has 1 aliphatic heterocycles. The molecule has 0 aliphatic carbocycles. The van der Waals surface area contributed by atoms with Crippen LogP contribution in [0.15, 0.2) is 0 Å². The zero-order chi connectivity index (χ0) is 10.3. The van der Waals surface area contributed by atoms with Crippen LogP contribution in [-0.2, 0) is 17.9 Å². The molecular weight excluding hydrogens is 295 g/mol. The third-order valence-electron chi connectivity index (χ3n) is 2.19. The van der Waals surface area contributed by atoms with Crippen LogP contribution >= 0.6 is 22.6 Å². The van der Waals surface area contributed by atoms with Gasteiger partial charge >= 0.3 is 0 Å². The minimum atomic E-state index is 0.0531. The van der Waals surface area contributed by atoms with Gasteiger partial charge in [-0.05, 0) is 22.6 Å². The first kappa shape index (κ1) is 9.63. The van der Waals surface area contributed by atoms with E-state index in [1.54, 1.807) is 11.8 Å². The lowest BCUT2D eigenvalue weighted by Gasteiger charge is -2.10. The number of halogens is 1. The minimum absolute atomic E-state index is 0.0531. The van der Waals surface area contributed by atoms with E-state index in [9.17, 15) is 4.79 Å². The van der Waals surface area contributed by atoms with Crippen molar-refractivity contribution in [2.45, 2.75) is 20.0 Å². The average Bonchev–Trinajstić information content (AvgIpc) is 2.47. The van der Waals surface area contributed by atoms with E-state index in [-0.39, 0.29) is 11.9 Å². The van der Waals surface area contributed by atoms with Crippen LogP contribution in [0.25, 0.3) is 0 Å². The zero-order valence-electron chi connectivity index (χ0n) is 7.62. The number of nitrogens with two attached hydrogens (primary N) is 1. The third kappa shape index (κ3) is 1.54. The molecule has 74 valence electrons. The monoisotopic (exact) mass is 304 g/mol. The number of amides is 1. The highest BCUT2D eigenvalue weighted by Gasteiger charge is 2.25. The van der Waals surface area contributed by atoms with E-state index in [0.717, 1.165) is 15.0 Å². The number of anilines is 1. The van der Waals surface area contributed by atoms with E-state index in [4.69, 9.17) is 5.73 Å². The van der Waals surface area contributed by atoms with Gasteiger partial charge in [-0.25, -0.2) is 9.97 Å². The van der Waals surface area contributed by atoms with Crippen LogP contribution in [0.5, 0.6) is 0 Å². The summed E-state index contributed by atoms with van der Waals surface area (Å²) in [7, 11) is 0. The standard InChI is InChI=1S/C8H9IN4O/c1-4(14)13-2-5-6(3-13)11-8(10)12-7(5)9/h2-3H2,1H3,(H2,10,11,12). The molecule has 0 unspecified atom stereocenters. The van der Waals surface area contributed by atoms with Crippen LogP contribution in [0.1, 0.15) is 18.2 Å². The van der Waals surface area contributed by atoms with Crippen molar-refractivity contribution in [3.8, 4) is 0 Å².